The molecule has 0 saturated heterocycles. The predicted octanol–water partition coefficient (Wildman–Crippen LogP) is 4.29. The number of pyridine rings is 1. The third kappa shape index (κ3) is 4.36. The number of ether oxygens (including phenoxy) is 2. The maximum atomic E-state index is 14.6. The zero-order chi connectivity index (χ0) is 24.6. The number of aryl methyl sites for hydroxylation is 2. The van der Waals surface area contributed by atoms with Crippen molar-refractivity contribution >= 4 is 11.6 Å². The number of nitrogens with one attached hydrogen (secondary N) is 1. The summed E-state index contributed by atoms with van der Waals surface area (Å²) in [5.74, 6) is -1.14. The minimum Gasteiger partial charge on any atom is -0.494 e. The molecule has 0 atom stereocenters. The second kappa shape index (κ2) is 8.65. The summed E-state index contributed by atoms with van der Waals surface area (Å²) in [5.41, 5.74) is 0.242. The number of nitrogens with zero attached hydrogens (tertiary/aromatic N) is 6. The average molecular weight is 477 g/mol. The lowest BCUT2D eigenvalue weighted by atomic mass is 10.1. The van der Waals surface area contributed by atoms with Gasteiger partial charge in [-0.1, -0.05) is 0 Å². The summed E-state index contributed by atoms with van der Waals surface area (Å²) < 4.78 is 67.4. The molecule has 1 N–H and O–H groups in total. The number of anilines is 2. The molecule has 0 aliphatic rings. The first kappa shape index (κ1) is 23.0. The highest BCUT2D eigenvalue weighted by Crippen LogP contribution is 2.37. The molecular weight excluding hydrogens is 458 g/mol. The first-order valence-electron chi connectivity index (χ1n) is 9.80. The van der Waals surface area contributed by atoms with Gasteiger partial charge in [0.25, 0.3) is 0 Å². The highest BCUT2D eigenvalue weighted by Gasteiger charge is 2.33. The van der Waals surface area contributed by atoms with Gasteiger partial charge in [0.2, 0.25) is 17.7 Å². The van der Waals surface area contributed by atoms with Gasteiger partial charge in [-0.25, -0.2) is 19.0 Å². The number of methoxy groups -OCH3 is 2. The molecule has 0 saturated carbocycles. The Balaban J connectivity index is 1.69. The van der Waals surface area contributed by atoms with Gasteiger partial charge in [0.1, 0.15) is 11.4 Å². The monoisotopic (exact) mass is 477 g/mol. The van der Waals surface area contributed by atoms with Gasteiger partial charge in [-0.15, -0.1) is 5.10 Å². The van der Waals surface area contributed by atoms with E-state index in [1.165, 1.54) is 18.8 Å². The van der Waals surface area contributed by atoms with E-state index >= 15 is 0 Å². The van der Waals surface area contributed by atoms with Gasteiger partial charge >= 0.3 is 6.18 Å². The number of imidazole rings is 1. The van der Waals surface area contributed by atoms with Crippen LogP contribution in [-0.2, 0) is 13.2 Å². The van der Waals surface area contributed by atoms with E-state index in [0.717, 1.165) is 12.8 Å². The third-order valence-electron chi connectivity index (χ3n) is 4.85. The number of alkyl halides is 3. The van der Waals surface area contributed by atoms with Crippen molar-refractivity contribution in [2.24, 2.45) is 7.05 Å². The minimum absolute atomic E-state index is 0.00893. The maximum absolute atomic E-state index is 14.6. The second-order valence-electron chi connectivity index (χ2n) is 7.19. The summed E-state index contributed by atoms with van der Waals surface area (Å²) in [5, 5.41) is 6.78. The first-order chi connectivity index (χ1) is 16.1. The molecule has 9 nitrogen and oxygen atoms in total. The third-order valence-corrected chi connectivity index (χ3v) is 4.85. The smallest absolute Gasteiger partial charge is 0.416 e. The summed E-state index contributed by atoms with van der Waals surface area (Å²) in [6.45, 7) is 1.85. The predicted molar refractivity (Wildman–Crippen MR) is 114 cm³/mol. The Kier molecular flexibility index (Phi) is 5.85. The summed E-state index contributed by atoms with van der Waals surface area (Å²) in [7, 11) is 4.04. The van der Waals surface area contributed by atoms with Crippen molar-refractivity contribution < 1.29 is 27.0 Å². The average Bonchev–Trinajstić information content (AvgIpc) is 3.39. The van der Waals surface area contributed by atoms with Crippen LogP contribution in [0.1, 0.15) is 11.3 Å². The minimum atomic E-state index is -4.70. The standard InChI is InChI=1S/C21H19F4N7O2/c1-11-9-32(10-26-11)15-6-5-13(27-19(15)34-4)18-29-20(31(2)30-18)28-14-7-12(21(23,24)25)8-16(33-3)17(14)22/h5-10H,1-4H3,(H,28,29,30). The van der Waals surface area contributed by atoms with Gasteiger partial charge < -0.3 is 19.4 Å². The van der Waals surface area contributed by atoms with Gasteiger partial charge in [-0.2, -0.15) is 18.2 Å². The Morgan fingerprint density at radius 2 is 1.82 bits per heavy atom. The van der Waals surface area contributed by atoms with E-state index in [0.29, 0.717) is 23.5 Å². The molecule has 0 bridgehead atoms. The van der Waals surface area contributed by atoms with E-state index in [4.69, 9.17) is 9.47 Å². The van der Waals surface area contributed by atoms with Gasteiger partial charge in [0, 0.05) is 13.2 Å². The number of aromatic nitrogens is 6. The number of hydrogen-bond donors (Lipinski definition) is 1. The first-order valence-corrected chi connectivity index (χ1v) is 9.80. The van der Waals surface area contributed by atoms with E-state index in [1.54, 1.807) is 29.2 Å². The fraction of sp³-hybridized carbons (Fsp3) is 0.238. The van der Waals surface area contributed by atoms with Gasteiger partial charge in [0.15, 0.2) is 11.6 Å². The Morgan fingerprint density at radius 3 is 2.44 bits per heavy atom. The van der Waals surface area contributed by atoms with Crippen LogP contribution in [0.5, 0.6) is 11.6 Å². The van der Waals surface area contributed by atoms with Gasteiger partial charge in [-0.05, 0) is 31.2 Å². The van der Waals surface area contributed by atoms with Gasteiger partial charge in [-0.3, -0.25) is 0 Å². The molecule has 0 unspecified atom stereocenters. The van der Waals surface area contributed by atoms with Crippen LogP contribution in [0.3, 0.4) is 0 Å². The number of benzene rings is 1. The molecule has 0 spiro atoms. The highest BCUT2D eigenvalue weighted by atomic mass is 19.4. The lowest BCUT2D eigenvalue weighted by molar-refractivity contribution is -0.137. The van der Waals surface area contributed by atoms with Crippen LogP contribution in [0.4, 0.5) is 29.2 Å². The second-order valence-corrected chi connectivity index (χ2v) is 7.19. The molecule has 3 aromatic heterocycles. The van der Waals surface area contributed by atoms with Crippen LogP contribution in [0, 0.1) is 12.7 Å². The largest absolute Gasteiger partial charge is 0.494 e. The topological polar surface area (TPSA) is 91.9 Å². The Labute approximate surface area is 191 Å². The van der Waals surface area contributed by atoms with E-state index in [-0.39, 0.29) is 17.7 Å². The summed E-state index contributed by atoms with van der Waals surface area (Å²) in [6, 6.07) is 4.61. The maximum Gasteiger partial charge on any atom is 0.416 e. The molecule has 0 aliphatic carbocycles. The SMILES string of the molecule is COc1cc(C(F)(F)F)cc(Nc2nc(-c3ccc(-n4cnc(C)c4)c(OC)n3)nn2C)c1F. The summed E-state index contributed by atoms with van der Waals surface area (Å²) >= 11 is 0. The number of halogens is 4. The lowest BCUT2D eigenvalue weighted by Crippen LogP contribution is -2.09. The Morgan fingerprint density at radius 1 is 1.06 bits per heavy atom. The fourth-order valence-corrected chi connectivity index (χ4v) is 3.18. The van der Waals surface area contributed by atoms with Crippen molar-refractivity contribution in [1.29, 1.82) is 0 Å². The van der Waals surface area contributed by atoms with Crippen LogP contribution >= 0.6 is 0 Å². The van der Waals surface area contributed by atoms with E-state index in [1.807, 2.05) is 6.92 Å². The molecule has 0 radical (unpaired) electrons. The van der Waals surface area contributed by atoms with Crippen LogP contribution in [0.2, 0.25) is 0 Å². The zero-order valence-electron chi connectivity index (χ0n) is 18.5. The molecule has 0 fully saturated rings. The van der Waals surface area contributed by atoms with Crippen molar-refractivity contribution in [3.8, 4) is 28.8 Å². The Hall–Kier alpha value is -4.16. The molecular formula is C21H19F4N7O2. The molecule has 0 amide bonds. The van der Waals surface area contributed by atoms with Crippen molar-refractivity contribution in [1.82, 2.24) is 29.3 Å². The van der Waals surface area contributed by atoms with Crippen molar-refractivity contribution in [2.45, 2.75) is 13.1 Å². The van der Waals surface area contributed by atoms with Crippen LogP contribution in [0.15, 0.2) is 36.8 Å². The normalized spacial score (nSPS) is 11.5. The number of hydrogen-bond acceptors (Lipinski definition) is 7. The van der Waals surface area contributed by atoms with Crippen LogP contribution < -0.4 is 14.8 Å². The molecule has 1 aromatic carbocycles. The van der Waals surface area contributed by atoms with E-state index < -0.39 is 29.0 Å². The molecule has 3 heterocycles. The lowest BCUT2D eigenvalue weighted by Gasteiger charge is -2.14. The van der Waals surface area contributed by atoms with Crippen LogP contribution in [-0.4, -0.2) is 43.5 Å². The van der Waals surface area contributed by atoms with Crippen molar-refractivity contribution in [3.63, 3.8) is 0 Å². The zero-order valence-corrected chi connectivity index (χ0v) is 18.5. The van der Waals surface area contributed by atoms with Gasteiger partial charge in [0.05, 0.1) is 37.5 Å². The molecule has 4 rings (SSSR count). The Bertz CT molecular complexity index is 1350. The highest BCUT2D eigenvalue weighted by molar-refractivity contribution is 5.62. The molecule has 34 heavy (non-hydrogen) atoms. The van der Waals surface area contributed by atoms with Crippen molar-refractivity contribution in [2.75, 3.05) is 19.5 Å². The fourth-order valence-electron chi connectivity index (χ4n) is 3.18. The molecule has 0 aliphatic heterocycles. The molecule has 13 heteroatoms. The van der Waals surface area contributed by atoms with E-state index in [2.05, 4.69) is 25.4 Å². The number of rotatable bonds is 6. The quantitative estimate of drug-likeness (QED) is 0.414. The molecule has 4 aromatic rings. The van der Waals surface area contributed by atoms with Crippen molar-refractivity contribution in [3.05, 3.63) is 53.9 Å². The summed E-state index contributed by atoms with van der Waals surface area (Å²) in [6.07, 6.45) is -1.27. The summed E-state index contributed by atoms with van der Waals surface area (Å²) in [4.78, 5) is 12.9. The van der Waals surface area contributed by atoms with Crippen LogP contribution in [0.25, 0.3) is 17.2 Å². The molecule has 178 valence electrons. The van der Waals surface area contributed by atoms with E-state index in [9.17, 15) is 17.6 Å².